The molecule has 104 valence electrons. The van der Waals surface area contributed by atoms with Crippen molar-refractivity contribution in [1.29, 1.82) is 0 Å². The zero-order valence-corrected chi connectivity index (χ0v) is 12.0. The molecule has 1 aromatic carbocycles. The number of oxime groups is 1. The summed E-state index contributed by atoms with van der Waals surface area (Å²) in [5, 5.41) is 12.6. The molecule has 0 aliphatic heterocycles. The van der Waals surface area contributed by atoms with Crippen LogP contribution in [-0.2, 0) is 0 Å². The number of hydrogen-bond donors (Lipinski definition) is 2. The van der Waals surface area contributed by atoms with Crippen LogP contribution < -0.4 is 10.5 Å². The van der Waals surface area contributed by atoms with Crippen LogP contribution in [0.25, 0.3) is 0 Å². The van der Waals surface area contributed by atoms with Gasteiger partial charge < -0.3 is 15.7 Å². The highest BCUT2D eigenvalue weighted by molar-refractivity contribution is 6.42. The summed E-state index contributed by atoms with van der Waals surface area (Å²) in [5.74, 6) is 0.592. The lowest BCUT2D eigenvalue weighted by molar-refractivity contribution is 0.318. The Kier molecular flexibility index (Phi) is 4.32. The van der Waals surface area contributed by atoms with E-state index in [1.165, 1.54) is 0 Å². The van der Waals surface area contributed by atoms with Crippen LogP contribution in [0.3, 0.4) is 0 Å². The van der Waals surface area contributed by atoms with E-state index in [4.69, 9.17) is 38.9 Å². The second-order valence-electron chi connectivity index (χ2n) is 3.97. The topological polar surface area (TPSA) is 80.7 Å². The maximum atomic E-state index is 8.82. The van der Waals surface area contributed by atoms with E-state index in [1.54, 1.807) is 37.4 Å². The second-order valence-corrected chi connectivity index (χ2v) is 4.79. The van der Waals surface area contributed by atoms with Crippen molar-refractivity contribution >= 4 is 29.0 Å². The van der Waals surface area contributed by atoms with Crippen LogP contribution in [-0.4, -0.2) is 16.0 Å². The molecule has 0 saturated carbocycles. The van der Waals surface area contributed by atoms with Gasteiger partial charge in [-0.1, -0.05) is 28.4 Å². The summed E-state index contributed by atoms with van der Waals surface area (Å²) in [6.07, 6.45) is 1.57. The van der Waals surface area contributed by atoms with Gasteiger partial charge in [0.2, 0.25) is 5.88 Å². The number of aryl methyl sites for hydroxylation is 1. The van der Waals surface area contributed by atoms with Gasteiger partial charge in [0.1, 0.15) is 5.75 Å². The Labute approximate surface area is 125 Å². The minimum atomic E-state index is -0.0781. The lowest BCUT2D eigenvalue weighted by Gasteiger charge is -2.11. The zero-order chi connectivity index (χ0) is 14.7. The van der Waals surface area contributed by atoms with Crippen molar-refractivity contribution in [1.82, 2.24) is 4.98 Å². The number of ether oxygens (including phenoxy) is 1. The summed E-state index contributed by atoms with van der Waals surface area (Å²) in [4.78, 5) is 4.09. The second kappa shape index (κ2) is 5.98. The number of aromatic nitrogens is 1. The Morgan fingerprint density at radius 2 is 2.05 bits per heavy atom. The molecule has 0 unspecified atom stereocenters. The van der Waals surface area contributed by atoms with Crippen LogP contribution in [0.2, 0.25) is 10.0 Å². The molecule has 0 aliphatic rings. The number of benzene rings is 1. The fraction of sp³-hybridized carbons (Fsp3) is 0.0769. The molecule has 0 amide bonds. The summed E-state index contributed by atoms with van der Waals surface area (Å²) in [6, 6.07) is 6.55. The van der Waals surface area contributed by atoms with Gasteiger partial charge in [-0.05, 0) is 30.7 Å². The predicted octanol–water partition coefficient (Wildman–Crippen LogP) is 3.58. The molecule has 7 heteroatoms. The minimum absolute atomic E-state index is 0.0781. The highest BCUT2D eigenvalue weighted by Gasteiger charge is 2.14. The van der Waals surface area contributed by atoms with Crippen molar-refractivity contribution in [2.75, 3.05) is 0 Å². The summed E-state index contributed by atoms with van der Waals surface area (Å²) in [7, 11) is 0. The van der Waals surface area contributed by atoms with Gasteiger partial charge in [0.15, 0.2) is 5.84 Å². The van der Waals surface area contributed by atoms with Gasteiger partial charge >= 0.3 is 0 Å². The SMILES string of the molecule is Cc1ccnc(Oc2ccc(Cl)c(Cl)c2)c1/C(N)=N/O. The normalized spacial score (nSPS) is 11.4. The first kappa shape index (κ1) is 14.4. The van der Waals surface area contributed by atoms with Crippen LogP contribution in [0.15, 0.2) is 35.6 Å². The van der Waals surface area contributed by atoms with Crippen LogP contribution in [0, 0.1) is 6.92 Å². The fourth-order valence-electron chi connectivity index (χ4n) is 1.62. The number of halogens is 2. The molecule has 2 aromatic rings. The number of amidine groups is 1. The van der Waals surface area contributed by atoms with Crippen LogP contribution in [0.5, 0.6) is 11.6 Å². The van der Waals surface area contributed by atoms with Crippen molar-refractivity contribution in [2.24, 2.45) is 10.9 Å². The van der Waals surface area contributed by atoms with Crippen LogP contribution >= 0.6 is 23.2 Å². The minimum Gasteiger partial charge on any atom is -0.438 e. The molecule has 5 nitrogen and oxygen atoms in total. The molecule has 0 atom stereocenters. The summed E-state index contributed by atoms with van der Waals surface area (Å²) < 4.78 is 5.62. The Balaban J connectivity index is 2.43. The monoisotopic (exact) mass is 311 g/mol. The molecule has 1 aromatic heterocycles. The third kappa shape index (κ3) is 2.95. The summed E-state index contributed by atoms with van der Waals surface area (Å²) in [5.41, 5.74) is 6.82. The lowest BCUT2D eigenvalue weighted by Crippen LogP contribution is -2.16. The highest BCUT2D eigenvalue weighted by atomic mass is 35.5. The first-order valence-corrected chi connectivity index (χ1v) is 6.35. The average Bonchev–Trinajstić information content (AvgIpc) is 2.42. The Morgan fingerprint density at radius 3 is 2.70 bits per heavy atom. The van der Waals surface area contributed by atoms with Gasteiger partial charge in [0, 0.05) is 12.3 Å². The van der Waals surface area contributed by atoms with E-state index in [1.807, 2.05) is 0 Å². The molecule has 0 saturated heterocycles. The molecular weight excluding hydrogens is 301 g/mol. The number of hydrogen-bond acceptors (Lipinski definition) is 4. The van der Waals surface area contributed by atoms with E-state index in [-0.39, 0.29) is 11.7 Å². The highest BCUT2D eigenvalue weighted by Crippen LogP contribution is 2.30. The Hall–Kier alpha value is -1.98. The molecule has 0 radical (unpaired) electrons. The van der Waals surface area contributed by atoms with E-state index in [0.717, 1.165) is 5.56 Å². The van der Waals surface area contributed by atoms with Gasteiger partial charge in [-0.25, -0.2) is 4.98 Å². The van der Waals surface area contributed by atoms with Gasteiger partial charge in [-0.15, -0.1) is 0 Å². The van der Waals surface area contributed by atoms with Crippen molar-refractivity contribution in [3.8, 4) is 11.6 Å². The van der Waals surface area contributed by atoms with Gasteiger partial charge in [-0.2, -0.15) is 0 Å². The largest absolute Gasteiger partial charge is 0.438 e. The van der Waals surface area contributed by atoms with Crippen molar-refractivity contribution in [3.63, 3.8) is 0 Å². The van der Waals surface area contributed by atoms with E-state index >= 15 is 0 Å². The Bertz CT molecular complexity index is 675. The van der Waals surface area contributed by atoms with Gasteiger partial charge in [0.25, 0.3) is 0 Å². The summed E-state index contributed by atoms with van der Waals surface area (Å²) >= 11 is 11.8. The zero-order valence-electron chi connectivity index (χ0n) is 10.5. The molecule has 2 rings (SSSR count). The Morgan fingerprint density at radius 1 is 1.30 bits per heavy atom. The molecule has 1 heterocycles. The van der Waals surface area contributed by atoms with Gasteiger partial charge in [0.05, 0.1) is 15.6 Å². The van der Waals surface area contributed by atoms with Crippen molar-refractivity contribution in [3.05, 3.63) is 51.6 Å². The van der Waals surface area contributed by atoms with E-state index in [9.17, 15) is 0 Å². The van der Waals surface area contributed by atoms with Crippen molar-refractivity contribution < 1.29 is 9.94 Å². The molecule has 0 bridgehead atoms. The quantitative estimate of drug-likeness (QED) is 0.393. The molecule has 0 aliphatic carbocycles. The molecule has 3 N–H and O–H groups in total. The average molecular weight is 312 g/mol. The molecule has 20 heavy (non-hydrogen) atoms. The smallest absolute Gasteiger partial charge is 0.230 e. The molecule has 0 fully saturated rings. The van der Waals surface area contributed by atoms with Gasteiger partial charge in [-0.3, -0.25) is 0 Å². The van der Waals surface area contributed by atoms with Crippen LogP contribution in [0.4, 0.5) is 0 Å². The number of nitrogens with two attached hydrogens (primary N) is 1. The first-order chi connectivity index (χ1) is 9.52. The standard InChI is InChI=1S/C13H11Cl2N3O2/c1-7-4-5-17-13(11(7)12(16)18-19)20-8-2-3-9(14)10(15)6-8/h2-6,19H,1H3,(H2,16,18). The maximum absolute atomic E-state index is 8.82. The van der Waals surface area contributed by atoms with E-state index in [0.29, 0.717) is 21.4 Å². The fourth-order valence-corrected chi connectivity index (χ4v) is 1.91. The predicted molar refractivity (Wildman–Crippen MR) is 78.0 cm³/mol. The third-order valence-electron chi connectivity index (χ3n) is 2.59. The van der Waals surface area contributed by atoms with Crippen LogP contribution in [0.1, 0.15) is 11.1 Å². The number of nitrogens with zero attached hydrogens (tertiary/aromatic N) is 2. The summed E-state index contributed by atoms with van der Waals surface area (Å²) in [6.45, 7) is 1.80. The van der Waals surface area contributed by atoms with E-state index < -0.39 is 0 Å². The maximum Gasteiger partial charge on any atom is 0.230 e. The van der Waals surface area contributed by atoms with E-state index in [2.05, 4.69) is 10.1 Å². The molecular formula is C13H11Cl2N3O2. The lowest BCUT2D eigenvalue weighted by atomic mass is 10.1. The number of pyridine rings is 1. The molecule has 0 spiro atoms. The van der Waals surface area contributed by atoms with Crippen molar-refractivity contribution in [2.45, 2.75) is 6.92 Å². The first-order valence-electron chi connectivity index (χ1n) is 5.59. The number of rotatable bonds is 3. The third-order valence-corrected chi connectivity index (χ3v) is 3.33.